The summed E-state index contributed by atoms with van der Waals surface area (Å²) < 4.78 is 2.27. The Morgan fingerprint density at radius 2 is 2.35 bits per heavy atom. The lowest BCUT2D eigenvalue weighted by Crippen LogP contribution is -2.31. The minimum Gasteiger partial charge on any atom is -0.314 e. The van der Waals surface area contributed by atoms with Crippen molar-refractivity contribution >= 4 is 15.9 Å². The van der Waals surface area contributed by atoms with Crippen LogP contribution >= 0.6 is 15.9 Å². The van der Waals surface area contributed by atoms with Crippen LogP contribution in [-0.4, -0.2) is 22.1 Å². The molecular formula is C12H18BrN3O. The molecule has 0 saturated heterocycles. The second-order valence-corrected chi connectivity index (χ2v) is 5.71. The van der Waals surface area contributed by atoms with E-state index in [1.807, 2.05) is 6.92 Å². The van der Waals surface area contributed by atoms with Crippen LogP contribution in [0.5, 0.6) is 0 Å². The molecule has 1 aromatic heterocycles. The fourth-order valence-electron chi connectivity index (χ4n) is 1.80. The SMILES string of the molecule is Cc1ncc(Br)c(=O)n1CC(C)CNC1CC1. The number of nitrogens with one attached hydrogen (secondary N) is 1. The summed E-state index contributed by atoms with van der Waals surface area (Å²) in [4.78, 5) is 16.1. The monoisotopic (exact) mass is 299 g/mol. The Balaban J connectivity index is 2.01. The van der Waals surface area contributed by atoms with Gasteiger partial charge in [-0.2, -0.15) is 0 Å². The van der Waals surface area contributed by atoms with Gasteiger partial charge in [-0.1, -0.05) is 6.92 Å². The third-order valence-corrected chi connectivity index (χ3v) is 3.58. The summed E-state index contributed by atoms with van der Waals surface area (Å²) >= 11 is 3.23. The van der Waals surface area contributed by atoms with Gasteiger partial charge in [0.05, 0.1) is 0 Å². The van der Waals surface area contributed by atoms with E-state index in [2.05, 4.69) is 33.2 Å². The van der Waals surface area contributed by atoms with Crippen LogP contribution in [0.4, 0.5) is 0 Å². The predicted octanol–water partition coefficient (Wildman–Crippen LogP) is 1.70. The van der Waals surface area contributed by atoms with Crippen LogP contribution in [0.25, 0.3) is 0 Å². The van der Waals surface area contributed by atoms with Crippen LogP contribution < -0.4 is 10.9 Å². The second kappa shape index (κ2) is 5.31. The molecule has 1 atom stereocenters. The van der Waals surface area contributed by atoms with Crippen LogP contribution in [0.15, 0.2) is 15.5 Å². The summed E-state index contributed by atoms with van der Waals surface area (Å²) in [6.07, 6.45) is 4.16. The first-order valence-electron chi connectivity index (χ1n) is 6.03. The summed E-state index contributed by atoms with van der Waals surface area (Å²) in [6.45, 7) is 5.71. The molecule has 1 fully saturated rings. The van der Waals surface area contributed by atoms with Crippen molar-refractivity contribution in [2.24, 2.45) is 5.92 Å². The number of hydrogen-bond donors (Lipinski definition) is 1. The summed E-state index contributed by atoms with van der Waals surface area (Å²) in [5, 5.41) is 3.48. The minimum absolute atomic E-state index is 0.00997. The molecule has 1 aliphatic carbocycles. The maximum atomic E-state index is 11.9. The zero-order valence-electron chi connectivity index (χ0n) is 10.2. The molecule has 94 valence electrons. The first-order chi connectivity index (χ1) is 8.08. The van der Waals surface area contributed by atoms with Gasteiger partial charge in [-0.15, -0.1) is 0 Å². The lowest BCUT2D eigenvalue weighted by molar-refractivity contribution is 0.428. The molecule has 0 radical (unpaired) electrons. The summed E-state index contributed by atoms with van der Waals surface area (Å²) in [6, 6.07) is 0.718. The lowest BCUT2D eigenvalue weighted by Gasteiger charge is -2.15. The molecule has 0 aliphatic heterocycles. The van der Waals surface area contributed by atoms with Crippen molar-refractivity contribution in [1.29, 1.82) is 0 Å². The number of nitrogens with zero attached hydrogens (tertiary/aromatic N) is 2. The highest BCUT2D eigenvalue weighted by Crippen LogP contribution is 2.18. The number of aryl methyl sites for hydroxylation is 1. The van der Waals surface area contributed by atoms with E-state index in [0.717, 1.165) is 25.0 Å². The van der Waals surface area contributed by atoms with Crippen molar-refractivity contribution in [3.63, 3.8) is 0 Å². The molecule has 0 spiro atoms. The normalized spacial score (nSPS) is 17.1. The van der Waals surface area contributed by atoms with E-state index in [1.54, 1.807) is 10.8 Å². The largest absolute Gasteiger partial charge is 0.314 e. The molecule has 5 heteroatoms. The fraction of sp³-hybridized carbons (Fsp3) is 0.667. The molecule has 4 nitrogen and oxygen atoms in total. The molecule has 17 heavy (non-hydrogen) atoms. The van der Waals surface area contributed by atoms with Crippen LogP contribution in [0, 0.1) is 12.8 Å². The third-order valence-electron chi connectivity index (χ3n) is 3.03. The summed E-state index contributed by atoms with van der Waals surface area (Å²) in [5.74, 6) is 1.21. The Bertz CT molecular complexity index is 454. The second-order valence-electron chi connectivity index (χ2n) is 4.86. The highest BCUT2D eigenvalue weighted by Gasteiger charge is 2.21. The fourth-order valence-corrected chi connectivity index (χ4v) is 2.11. The van der Waals surface area contributed by atoms with E-state index >= 15 is 0 Å². The van der Waals surface area contributed by atoms with Gasteiger partial charge in [0.2, 0.25) is 0 Å². The number of aromatic nitrogens is 2. The molecule has 1 N–H and O–H groups in total. The van der Waals surface area contributed by atoms with E-state index in [4.69, 9.17) is 0 Å². The molecule has 0 amide bonds. The Morgan fingerprint density at radius 1 is 1.65 bits per heavy atom. The topological polar surface area (TPSA) is 46.9 Å². The molecule has 0 aromatic carbocycles. The van der Waals surface area contributed by atoms with Gasteiger partial charge in [-0.05, 0) is 48.2 Å². The van der Waals surface area contributed by atoms with Gasteiger partial charge in [0.15, 0.2) is 0 Å². The van der Waals surface area contributed by atoms with E-state index in [9.17, 15) is 4.79 Å². The standard InChI is InChI=1S/C12H18BrN3O/c1-8(5-15-10-3-4-10)7-16-9(2)14-6-11(13)12(16)17/h6,8,10,15H,3-5,7H2,1-2H3. The van der Waals surface area contributed by atoms with Gasteiger partial charge in [0.25, 0.3) is 5.56 Å². The predicted molar refractivity (Wildman–Crippen MR) is 71.1 cm³/mol. The summed E-state index contributed by atoms with van der Waals surface area (Å²) in [5.41, 5.74) is 0.00997. The van der Waals surface area contributed by atoms with Crippen molar-refractivity contribution < 1.29 is 0 Å². The molecule has 2 rings (SSSR count). The van der Waals surface area contributed by atoms with Gasteiger partial charge < -0.3 is 5.32 Å². The zero-order valence-corrected chi connectivity index (χ0v) is 11.8. The Hall–Kier alpha value is -0.680. The molecule has 1 aromatic rings. The van der Waals surface area contributed by atoms with Crippen LogP contribution in [0.2, 0.25) is 0 Å². The van der Waals surface area contributed by atoms with Gasteiger partial charge in [-0.3, -0.25) is 9.36 Å². The maximum absolute atomic E-state index is 11.9. The maximum Gasteiger partial charge on any atom is 0.267 e. The summed E-state index contributed by atoms with van der Waals surface area (Å²) in [7, 11) is 0. The molecular weight excluding hydrogens is 282 g/mol. The van der Waals surface area contributed by atoms with Crippen LogP contribution in [-0.2, 0) is 6.54 Å². The lowest BCUT2D eigenvalue weighted by atomic mass is 10.2. The first-order valence-corrected chi connectivity index (χ1v) is 6.82. The number of halogens is 1. The van der Waals surface area contributed by atoms with Crippen molar-refractivity contribution in [1.82, 2.24) is 14.9 Å². The Kier molecular flexibility index (Phi) is 3.99. The van der Waals surface area contributed by atoms with Gasteiger partial charge in [0, 0.05) is 18.8 Å². The van der Waals surface area contributed by atoms with Crippen LogP contribution in [0.1, 0.15) is 25.6 Å². The van der Waals surface area contributed by atoms with Gasteiger partial charge in [0.1, 0.15) is 10.3 Å². The smallest absolute Gasteiger partial charge is 0.267 e. The van der Waals surface area contributed by atoms with Gasteiger partial charge >= 0.3 is 0 Å². The Morgan fingerprint density at radius 3 is 3.00 bits per heavy atom. The highest BCUT2D eigenvalue weighted by molar-refractivity contribution is 9.10. The number of hydrogen-bond acceptors (Lipinski definition) is 3. The van der Waals surface area contributed by atoms with E-state index in [-0.39, 0.29) is 5.56 Å². The van der Waals surface area contributed by atoms with Gasteiger partial charge in [-0.25, -0.2) is 4.98 Å². The average molecular weight is 300 g/mol. The molecule has 1 heterocycles. The van der Waals surface area contributed by atoms with Crippen molar-refractivity contribution in [3.8, 4) is 0 Å². The molecule has 1 aliphatic rings. The van der Waals surface area contributed by atoms with E-state index in [0.29, 0.717) is 10.4 Å². The molecule has 1 unspecified atom stereocenters. The highest BCUT2D eigenvalue weighted by atomic mass is 79.9. The quantitative estimate of drug-likeness (QED) is 0.900. The van der Waals surface area contributed by atoms with Crippen molar-refractivity contribution in [2.75, 3.05) is 6.54 Å². The van der Waals surface area contributed by atoms with E-state index in [1.165, 1.54) is 12.8 Å². The molecule has 1 saturated carbocycles. The molecule has 0 bridgehead atoms. The Labute approximate surface area is 110 Å². The van der Waals surface area contributed by atoms with Crippen molar-refractivity contribution in [2.45, 2.75) is 39.3 Å². The van der Waals surface area contributed by atoms with Crippen LogP contribution in [0.3, 0.4) is 0 Å². The number of rotatable bonds is 5. The van der Waals surface area contributed by atoms with Crippen molar-refractivity contribution in [3.05, 3.63) is 26.8 Å². The van der Waals surface area contributed by atoms with E-state index < -0.39 is 0 Å². The zero-order chi connectivity index (χ0) is 12.4. The first kappa shape index (κ1) is 12.8. The minimum atomic E-state index is 0.00997. The average Bonchev–Trinajstić information content (AvgIpc) is 3.11. The third kappa shape index (κ3) is 3.39.